The SMILES string of the molecule is Cc1cn([C@@H]2C[C@@H](O)[C@]3(CCC[C@@H]3O)O2)c(=O)[nH]c1=O. The van der Waals surface area contributed by atoms with Crippen molar-refractivity contribution in [2.75, 3.05) is 0 Å². The first kappa shape index (κ1) is 13.5. The van der Waals surface area contributed by atoms with E-state index in [9.17, 15) is 19.8 Å². The molecule has 0 bridgehead atoms. The summed E-state index contributed by atoms with van der Waals surface area (Å²) in [7, 11) is 0. The fourth-order valence-corrected chi connectivity index (χ4v) is 3.25. The summed E-state index contributed by atoms with van der Waals surface area (Å²) in [4.78, 5) is 25.4. The van der Waals surface area contributed by atoms with Gasteiger partial charge in [-0.2, -0.15) is 0 Å². The van der Waals surface area contributed by atoms with Crippen LogP contribution in [0.25, 0.3) is 0 Å². The number of nitrogens with one attached hydrogen (secondary N) is 1. The number of aromatic amines is 1. The summed E-state index contributed by atoms with van der Waals surface area (Å²) in [6, 6.07) is 0. The Morgan fingerprint density at radius 1 is 1.40 bits per heavy atom. The van der Waals surface area contributed by atoms with Gasteiger partial charge in [-0.05, 0) is 26.2 Å². The molecule has 0 radical (unpaired) electrons. The molecule has 2 heterocycles. The average molecular weight is 282 g/mol. The Kier molecular flexibility index (Phi) is 3.07. The number of hydrogen-bond donors (Lipinski definition) is 3. The van der Waals surface area contributed by atoms with Crippen LogP contribution in [0, 0.1) is 6.92 Å². The third kappa shape index (κ3) is 1.85. The molecule has 1 saturated heterocycles. The fourth-order valence-electron chi connectivity index (χ4n) is 3.25. The van der Waals surface area contributed by atoms with Gasteiger partial charge in [-0.1, -0.05) is 0 Å². The van der Waals surface area contributed by atoms with Crippen molar-refractivity contribution in [2.24, 2.45) is 0 Å². The van der Waals surface area contributed by atoms with Crippen LogP contribution in [0.2, 0.25) is 0 Å². The highest BCUT2D eigenvalue weighted by molar-refractivity contribution is 5.06. The molecule has 4 atom stereocenters. The summed E-state index contributed by atoms with van der Waals surface area (Å²) in [5.74, 6) is 0. The fraction of sp³-hybridized carbons (Fsp3) is 0.692. The van der Waals surface area contributed by atoms with Crippen LogP contribution in [0.3, 0.4) is 0 Å². The van der Waals surface area contributed by atoms with Gasteiger partial charge in [-0.25, -0.2) is 4.79 Å². The lowest BCUT2D eigenvalue weighted by atomic mass is 9.93. The number of aromatic nitrogens is 2. The highest BCUT2D eigenvalue weighted by atomic mass is 16.6. The van der Waals surface area contributed by atoms with Crippen molar-refractivity contribution in [1.82, 2.24) is 9.55 Å². The third-order valence-electron chi connectivity index (χ3n) is 4.41. The standard InChI is InChI=1S/C13H18N2O5/c1-7-6-15(12(19)14-11(7)18)10-5-9(17)13(20-10)4-2-3-8(13)16/h6,8-10,16-17H,2-5H2,1H3,(H,14,18,19)/t8-,9+,10-,13+/m0/s1. The van der Waals surface area contributed by atoms with Crippen molar-refractivity contribution in [2.45, 2.75) is 56.6 Å². The monoisotopic (exact) mass is 282 g/mol. The Hall–Kier alpha value is -1.44. The van der Waals surface area contributed by atoms with Gasteiger partial charge in [0.25, 0.3) is 5.56 Å². The molecular weight excluding hydrogens is 264 g/mol. The van der Waals surface area contributed by atoms with Crippen LogP contribution in [0.4, 0.5) is 0 Å². The van der Waals surface area contributed by atoms with Crippen LogP contribution in [0.1, 0.15) is 37.5 Å². The Labute approximate surface area is 114 Å². The summed E-state index contributed by atoms with van der Waals surface area (Å²) >= 11 is 0. The van der Waals surface area contributed by atoms with E-state index in [1.54, 1.807) is 6.92 Å². The first-order valence-corrected chi connectivity index (χ1v) is 6.80. The highest BCUT2D eigenvalue weighted by Crippen LogP contribution is 2.46. The van der Waals surface area contributed by atoms with Crippen LogP contribution >= 0.6 is 0 Å². The minimum absolute atomic E-state index is 0.225. The first-order chi connectivity index (χ1) is 9.44. The summed E-state index contributed by atoms with van der Waals surface area (Å²) in [5.41, 5.74) is -1.58. The van der Waals surface area contributed by atoms with E-state index in [1.165, 1.54) is 10.8 Å². The lowest BCUT2D eigenvalue weighted by molar-refractivity contribution is -0.149. The van der Waals surface area contributed by atoms with Crippen LogP contribution in [-0.2, 0) is 4.74 Å². The molecule has 3 rings (SSSR count). The topological polar surface area (TPSA) is 105 Å². The molecule has 1 aromatic rings. The van der Waals surface area contributed by atoms with Crippen molar-refractivity contribution in [3.8, 4) is 0 Å². The van der Waals surface area contributed by atoms with E-state index in [2.05, 4.69) is 4.98 Å². The van der Waals surface area contributed by atoms with E-state index in [0.29, 0.717) is 18.4 Å². The molecule has 1 aromatic heterocycles. The maximum Gasteiger partial charge on any atom is 0.330 e. The second kappa shape index (κ2) is 4.54. The van der Waals surface area contributed by atoms with E-state index in [1.807, 2.05) is 0 Å². The van der Waals surface area contributed by atoms with E-state index in [0.717, 1.165) is 6.42 Å². The number of H-pyrrole nitrogens is 1. The summed E-state index contributed by atoms with van der Waals surface area (Å²) in [5, 5.41) is 20.3. The quantitative estimate of drug-likeness (QED) is 0.638. The molecule has 0 amide bonds. The zero-order valence-electron chi connectivity index (χ0n) is 11.2. The summed E-state index contributed by atoms with van der Waals surface area (Å²) < 4.78 is 7.11. The molecule has 7 nitrogen and oxygen atoms in total. The van der Waals surface area contributed by atoms with E-state index in [-0.39, 0.29) is 6.42 Å². The minimum atomic E-state index is -0.978. The van der Waals surface area contributed by atoms with Crippen LogP contribution < -0.4 is 11.2 Å². The predicted octanol–water partition coefficient (Wildman–Crippen LogP) is -0.592. The third-order valence-corrected chi connectivity index (χ3v) is 4.41. The molecule has 110 valence electrons. The molecule has 7 heteroatoms. The van der Waals surface area contributed by atoms with Gasteiger partial charge in [0.1, 0.15) is 11.8 Å². The highest BCUT2D eigenvalue weighted by Gasteiger charge is 2.55. The van der Waals surface area contributed by atoms with E-state index >= 15 is 0 Å². The van der Waals surface area contributed by atoms with Crippen LogP contribution in [0.15, 0.2) is 15.8 Å². The van der Waals surface area contributed by atoms with E-state index in [4.69, 9.17) is 4.74 Å². The molecule has 1 aliphatic carbocycles. The van der Waals surface area contributed by atoms with Crippen molar-refractivity contribution in [3.05, 3.63) is 32.6 Å². The van der Waals surface area contributed by atoms with Gasteiger partial charge in [-0.3, -0.25) is 14.3 Å². The minimum Gasteiger partial charge on any atom is -0.390 e. The van der Waals surface area contributed by atoms with Crippen molar-refractivity contribution < 1.29 is 14.9 Å². The van der Waals surface area contributed by atoms with Gasteiger partial charge in [0.05, 0.1) is 12.2 Å². The molecule has 3 N–H and O–H groups in total. The average Bonchev–Trinajstić information content (AvgIpc) is 2.91. The smallest absolute Gasteiger partial charge is 0.330 e. The number of aliphatic hydroxyl groups excluding tert-OH is 2. The maximum atomic E-state index is 11.9. The lowest BCUT2D eigenvalue weighted by Gasteiger charge is -2.30. The Morgan fingerprint density at radius 2 is 2.15 bits per heavy atom. The van der Waals surface area contributed by atoms with Crippen molar-refractivity contribution >= 4 is 0 Å². The molecule has 0 unspecified atom stereocenters. The van der Waals surface area contributed by atoms with E-state index < -0.39 is 35.3 Å². The molecule has 2 fully saturated rings. The molecule has 2 aliphatic rings. The zero-order chi connectivity index (χ0) is 14.5. The van der Waals surface area contributed by atoms with Gasteiger partial charge in [0.15, 0.2) is 0 Å². The maximum absolute atomic E-state index is 11.9. The Bertz CT molecular complexity index is 636. The first-order valence-electron chi connectivity index (χ1n) is 6.80. The van der Waals surface area contributed by atoms with Gasteiger partial charge in [0.2, 0.25) is 0 Å². The summed E-state index contributed by atoms with van der Waals surface area (Å²) in [6.45, 7) is 1.60. The van der Waals surface area contributed by atoms with Gasteiger partial charge in [-0.15, -0.1) is 0 Å². The number of ether oxygens (including phenoxy) is 1. The van der Waals surface area contributed by atoms with Crippen LogP contribution in [-0.4, -0.2) is 37.6 Å². The lowest BCUT2D eigenvalue weighted by Crippen LogP contribution is -2.46. The van der Waals surface area contributed by atoms with Crippen LogP contribution in [0.5, 0.6) is 0 Å². The van der Waals surface area contributed by atoms with Gasteiger partial charge in [0, 0.05) is 18.2 Å². The molecule has 0 aromatic carbocycles. The second-order valence-corrected chi connectivity index (χ2v) is 5.67. The molecule has 1 saturated carbocycles. The Morgan fingerprint density at radius 3 is 2.80 bits per heavy atom. The zero-order valence-corrected chi connectivity index (χ0v) is 11.2. The predicted molar refractivity (Wildman–Crippen MR) is 69.4 cm³/mol. The molecular formula is C13H18N2O5. The molecule has 1 aliphatic heterocycles. The number of aliphatic hydroxyl groups is 2. The Balaban J connectivity index is 1.96. The van der Waals surface area contributed by atoms with Gasteiger partial charge < -0.3 is 14.9 Å². The number of nitrogens with zero attached hydrogens (tertiary/aromatic N) is 1. The molecule has 1 spiro atoms. The second-order valence-electron chi connectivity index (χ2n) is 5.67. The number of rotatable bonds is 1. The number of hydrogen-bond acceptors (Lipinski definition) is 5. The largest absolute Gasteiger partial charge is 0.390 e. The number of aryl methyl sites for hydroxylation is 1. The normalized spacial score (nSPS) is 36.9. The van der Waals surface area contributed by atoms with Crippen molar-refractivity contribution in [1.29, 1.82) is 0 Å². The molecule has 20 heavy (non-hydrogen) atoms. The summed E-state index contributed by atoms with van der Waals surface area (Å²) in [6.07, 6.45) is 1.39. The van der Waals surface area contributed by atoms with Gasteiger partial charge >= 0.3 is 5.69 Å². The van der Waals surface area contributed by atoms with Crippen molar-refractivity contribution in [3.63, 3.8) is 0 Å².